The first-order valence-corrected chi connectivity index (χ1v) is 8.61. The van der Waals surface area contributed by atoms with Crippen LogP contribution in [0.3, 0.4) is 0 Å². The number of rotatable bonds is 6. The Hall–Kier alpha value is -1.30. The van der Waals surface area contributed by atoms with Gasteiger partial charge in [-0.05, 0) is 32.2 Å². The number of carbonyl (C=O) groups is 2. The molecule has 2 saturated carbocycles. The average molecular weight is 311 g/mol. The highest BCUT2D eigenvalue weighted by atomic mass is 16.4. The molecule has 0 saturated heterocycles. The highest BCUT2D eigenvalue weighted by Crippen LogP contribution is 2.25. The molecule has 6 heteroatoms. The maximum atomic E-state index is 12.0. The lowest BCUT2D eigenvalue weighted by atomic mass is 9.85. The summed E-state index contributed by atoms with van der Waals surface area (Å²) in [6.45, 7) is 2.79. The number of urea groups is 1. The third kappa shape index (κ3) is 5.16. The molecule has 0 radical (unpaired) electrons. The number of nitrogens with one attached hydrogen (secondary N) is 2. The van der Waals surface area contributed by atoms with E-state index in [0.717, 1.165) is 32.2 Å². The van der Waals surface area contributed by atoms with Gasteiger partial charge in [0, 0.05) is 18.1 Å². The van der Waals surface area contributed by atoms with Gasteiger partial charge in [0.25, 0.3) is 0 Å². The zero-order valence-corrected chi connectivity index (χ0v) is 13.5. The quantitative estimate of drug-likeness (QED) is 0.655. The zero-order chi connectivity index (χ0) is 15.9. The van der Waals surface area contributed by atoms with E-state index in [-0.39, 0.29) is 24.7 Å². The van der Waals surface area contributed by atoms with Gasteiger partial charge in [-0.3, -0.25) is 9.69 Å². The molecule has 0 aromatic heterocycles. The fourth-order valence-corrected chi connectivity index (χ4v) is 3.51. The Kier molecular flexibility index (Phi) is 6.49. The average Bonchev–Trinajstić information content (AvgIpc) is 2.68. The van der Waals surface area contributed by atoms with Crippen LogP contribution in [0.25, 0.3) is 0 Å². The molecule has 3 N–H and O–H groups in total. The van der Waals surface area contributed by atoms with Gasteiger partial charge in [0.1, 0.15) is 0 Å². The predicted octanol–water partition coefficient (Wildman–Crippen LogP) is 1.95. The van der Waals surface area contributed by atoms with Crippen molar-refractivity contribution in [3.05, 3.63) is 0 Å². The summed E-state index contributed by atoms with van der Waals surface area (Å²) in [4.78, 5) is 24.8. The summed E-state index contributed by atoms with van der Waals surface area (Å²) >= 11 is 0. The lowest BCUT2D eigenvalue weighted by Crippen LogP contribution is -2.57. The van der Waals surface area contributed by atoms with Gasteiger partial charge < -0.3 is 15.7 Å². The number of carbonyl (C=O) groups excluding carboxylic acids is 1. The number of carboxylic acid groups (broad SMARTS) is 1. The zero-order valence-electron chi connectivity index (χ0n) is 13.5. The molecule has 6 nitrogen and oxygen atoms in total. The number of likely N-dealkylation sites (N-methyl/N-ethyl adjacent to an activating group) is 1. The van der Waals surface area contributed by atoms with Crippen molar-refractivity contribution in [2.75, 3.05) is 13.1 Å². The maximum Gasteiger partial charge on any atom is 0.317 e. The molecule has 2 aliphatic rings. The number of hydrogen-bond donors (Lipinski definition) is 3. The summed E-state index contributed by atoms with van der Waals surface area (Å²) in [6.07, 6.45) is 8.83. The maximum absolute atomic E-state index is 12.0. The molecule has 0 spiro atoms. The molecule has 0 atom stereocenters. The van der Waals surface area contributed by atoms with Gasteiger partial charge in [0.2, 0.25) is 0 Å². The third-order valence-corrected chi connectivity index (χ3v) is 4.90. The molecule has 2 aliphatic carbocycles. The van der Waals surface area contributed by atoms with Gasteiger partial charge in [-0.25, -0.2) is 4.79 Å². The molecule has 2 amide bonds. The van der Waals surface area contributed by atoms with E-state index in [1.54, 1.807) is 0 Å². The summed E-state index contributed by atoms with van der Waals surface area (Å²) in [5.74, 6) is -0.788. The van der Waals surface area contributed by atoms with Crippen LogP contribution in [-0.2, 0) is 4.79 Å². The highest BCUT2D eigenvalue weighted by Gasteiger charge is 2.34. The van der Waals surface area contributed by atoms with Gasteiger partial charge in [0.05, 0.1) is 6.54 Å². The Morgan fingerprint density at radius 2 is 1.64 bits per heavy atom. The van der Waals surface area contributed by atoms with E-state index in [0.29, 0.717) is 6.04 Å². The van der Waals surface area contributed by atoms with E-state index in [1.807, 2.05) is 11.8 Å². The largest absolute Gasteiger partial charge is 0.480 e. The minimum atomic E-state index is -0.788. The van der Waals surface area contributed by atoms with Gasteiger partial charge in [0.15, 0.2) is 0 Å². The Morgan fingerprint density at radius 1 is 1.05 bits per heavy atom. The van der Waals surface area contributed by atoms with Crippen LogP contribution in [0, 0.1) is 0 Å². The van der Waals surface area contributed by atoms with Crippen molar-refractivity contribution in [3.63, 3.8) is 0 Å². The van der Waals surface area contributed by atoms with Crippen LogP contribution in [-0.4, -0.2) is 53.2 Å². The lowest BCUT2D eigenvalue weighted by Gasteiger charge is -2.42. The van der Waals surface area contributed by atoms with Crippen molar-refractivity contribution in [2.24, 2.45) is 0 Å². The molecule has 0 unspecified atom stereocenters. The molecule has 0 bridgehead atoms. The van der Waals surface area contributed by atoms with E-state index >= 15 is 0 Å². The number of amides is 2. The Labute approximate surface area is 132 Å². The number of nitrogens with zero attached hydrogens (tertiary/aromatic N) is 1. The van der Waals surface area contributed by atoms with Crippen LogP contribution in [0.2, 0.25) is 0 Å². The van der Waals surface area contributed by atoms with Crippen LogP contribution < -0.4 is 10.6 Å². The van der Waals surface area contributed by atoms with E-state index in [2.05, 4.69) is 10.6 Å². The second-order valence-electron chi connectivity index (χ2n) is 6.59. The van der Waals surface area contributed by atoms with E-state index < -0.39 is 5.97 Å². The van der Waals surface area contributed by atoms with Crippen LogP contribution in [0.15, 0.2) is 0 Å². The molecule has 0 aromatic rings. The fraction of sp³-hybridized carbons (Fsp3) is 0.875. The van der Waals surface area contributed by atoms with E-state index in [4.69, 9.17) is 5.11 Å². The first-order valence-electron chi connectivity index (χ1n) is 8.61. The normalized spacial score (nSPS) is 26.1. The van der Waals surface area contributed by atoms with Crippen molar-refractivity contribution in [1.29, 1.82) is 0 Å². The molecule has 2 rings (SSSR count). The first-order chi connectivity index (χ1) is 10.6. The second kappa shape index (κ2) is 8.36. The van der Waals surface area contributed by atoms with Gasteiger partial charge in [-0.15, -0.1) is 0 Å². The molecular formula is C16H29N3O3. The first kappa shape index (κ1) is 17.1. The summed E-state index contributed by atoms with van der Waals surface area (Å²) in [5, 5.41) is 15.0. The van der Waals surface area contributed by atoms with Crippen LogP contribution in [0.1, 0.15) is 58.3 Å². The minimum absolute atomic E-state index is 0.0587. The monoisotopic (exact) mass is 311 g/mol. The topological polar surface area (TPSA) is 81.7 Å². The number of hydrogen-bond acceptors (Lipinski definition) is 3. The summed E-state index contributed by atoms with van der Waals surface area (Å²) in [5.41, 5.74) is 0. The van der Waals surface area contributed by atoms with E-state index in [9.17, 15) is 9.59 Å². The summed E-state index contributed by atoms with van der Waals surface area (Å²) in [7, 11) is 0. The van der Waals surface area contributed by atoms with Gasteiger partial charge >= 0.3 is 12.0 Å². The van der Waals surface area contributed by atoms with Crippen LogP contribution >= 0.6 is 0 Å². The van der Waals surface area contributed by atoms with Crippen LogP contribution in [0.5, 0.6) is 0 Å². The Balaban J connectivity index is 1.65. The summed E-state index contributed by atoms with van der Waals surface area (Å²) < 4.78 is 0. The molecule has 22 heavy (non-hydrogen) atoms. The number of carboxylic acids is 1. The SMILES string of the molecule is CCN(CC(=O)O)C1CC(NC(=O)NC2CCCCCC2)C1. The molecule has 2 fully saturated rings. The van der Waals surface area contributed by atoms with Crippen molar-refractivity contribution in [3.8, 4) is 0 Å². The molecule has 0 aromatic carbocycles. The molecular weight excluding hydrogens is 282 g/mol. The Morgan fingerprint density at radius 3 is 2.18 bits per heavy atom. The van der Waals surface area contributed by atoms with Gasteiger partial charge in [-0.2, -0.15) is 0 Å². The smallest absolute Gasteiger partial charge is 0.317 e. The molecule has 126 valence electrons. The van der Waals surface area contributed by atoms with E-state index in [1.165, 1.54) is 25.7 Å². The standard InChI is InChI=1S/C16H29N3O3/c1-2-19(11-15(20)21)14-9-13(10-14)18-16(22)17-12-7-5-3-4-6-8-12/h12-14H,2-11H2,1H3,(H,20,21)(H2,17,18,22). The molecule has 0 aliphatic heterocycles. The number of aliphatic carboxylic acids is 1. The highest BCUT2D eigenvalue weighted by molar-refractivity contribution is 5.74. The third-order valence-electron chi connectivity index (χ3n) is 4.90. The van der Waals surface area contributed by atoms with Crippen molar-refractivity contribution in [2.45, 2.75) is 76.4 Å². The Bertz CT molecular complexity index is 375. The van der Waals surface area contributed by atoms with Crippen molar-refractivity contribution in [1.82, 2.24) is 15.5 Å². The van der Waals surface area contributed by atoms with Crippen molar-refractivity contribution < 1.29 is 14.7 Å². The fourth-order valence-electron chi connectivity index (χ4n) is 3.51. The predicted molar refractivity (Wildman–Crippen MR) is 84.9 cm³/mol. The second-order valence-corrected chi connectivity index (χ2v) is 6.59. The van der Waals surface area contributed by atoms with Gasteiger partial charge in [-0.1, -0.05) is 32.6 Å². The molecule has 0 heterocycles. The minimum Gasteiger partial charge on any atom is -0.480 e. The van der Waals surface area contributed by atoms with Crippen LogP contribution in [0.4, 0.5) is 4.79 Å². The van der Waals surface area contributed by atoms with Crippen molar-refractivity contribution >= 4 is 12.0 Å². The summed E-state index contributed by atoms with van der Waals surface area (Å²) in [6, 6.07) is 0.720. The lowest BCUT2D eigenvalue weighted by molar-refractivity contribution is -0.139.